The monoisotopic (exact) mass is 545 g/mol. The Labute approximate surface area is 218 Å². The number of nitrogens with zero attached hydrogens (tertiary/aromatic N) is 3. The molecule has 0 spiro atoms. The zero-order valence-electron chi connectivity index (χ0n) is 20.0. The van der Waals surface area contributed by atoms with E-state index in [-0.39, 0.29) is 5.43 Å². The molecule has 2 aromatic heterocycles. The van der Waals surface area contributed by atoms with Crippen molar-refractivity contribution in [1.82, 2.24) is 14.5 Å². The molecule has 0 bridgehead atoms. The van der Waals surface area contributed by atoms with Gasteiger partial charge in [0.15, 0.2) is 5.43 Å². The normalized spacial score (nSPS) is 17.2. The molecule has 2 aromatic carbocycles. The van der Waals surface area contributed by atoms with Crippen LogP contribution in [0.3, 0.4) is 0 Å². The fraction of sp³-hybridized carbons (Fsp3) is 0.310. The third-order valence-corrected chi connectivity index (χ3v) is 7.75. The average Bonchev–Trinajstić information content (AvgIpc) is 2.90. The zero-order valence-corrected chi connectivity index (χ0v) is 21.6. The summed E-state index contributed by atoms with van der Waals surface area (Å²) in [5, 5.41) is 11.9. The summed E-state index contributed by atoms with van der Waals surface area (Å²) < 4.78 is 9.13. The van der Waals surface area contributed by atoms with Gasteiger partial charge in [0.05, 0.1) is 16.6 Å². The number of aliphatic hydroxyl groups is 1. The molecular formula is C29H28BrN3O3. The summed E-state index contributed by atoms with van der Waals surface area (Å²) in [6.07, 6.45) is 8.84. The van der Waals surface area contributed by atoms with Crippen LogP contribution in [0.2, 0.25) is 0 Å². The summed E-state index contributed by atoms with van der Waals surface area (Å²) in [7, 11) is 0. The number of hydrogen-bond acceptors (Lipinski definition) is 5. The molecule has 1 fully saturated rings. The number of aromatic nitrogens is 2. The molecular weight excluding hydrogens is 518 g/mol. The lowest BCUT2D eigenvalue weighted by Crippen LogP contribution is -2.33. The van der Waals surface area contributed by atoms with Crippen molar-refractivity contribution in [3.05, 3.63) is 98.0 Å². The number of hydrogen-bond donors (Lipinski definition) is 1. The van der Waals surface area contributed by atoms with Crippen LogP contribution in [0.25, 0.3) is 16.6 Å². The van der Waals surface area contributed by atoms with E-state index in [9.17, 15) is 9.90 Å². The lowest BCUT2D eigenvalue weighted by Gasteiger charge is -2.29. The SMILES string of the molecule is O=c1c(Cc2cccnc2)cn2c3c(cc(OCCN4CCCCC4)cc13)C(O)c1ccc(Br)cc1-2. The van der Waals surface area contributed by atoms with Crippen LogP contribution in [-0.4, -0.2) is 45.8 Å². The van der Waals surface area contributed by atoms with Crippen molar-refractivity contribution in [3.8, 4) is 11.4 Å². The minimum atomic E-state index is -0.843. The van der Waals surface area contributed by atoms with E-state index in [4.69, 9.17) is 4.74 Å². The van der Waals surface area contributed by atoms with E-state index in [0.717, 1.165) is 46.4 Å². The molecule has 4 aromatic rings. The number of aliphatic hydroxyl groups excluding tert-OH is 1. The smallest absolute Gasteiger partial charge is 0.193 e. The van der Waals surface area contributed by atoms with E-state index < -0.39 is 6.10 Å². The van der Waals surface area contributed by atoms with Crippen LogP contribution in [0.15, 0.2) is 70.3 Å². The van der Waals surface area contributed by atoms with Gasteiger partial charge in [-0.1, -0.05) is 34.5 Å². The predicted molar refractivity (Wildman–Crippen MR) is 144 cm³/mol. The van der Waals surface area contributed by atoms with Crippen molar-refractivity contribution >= 4 is 26.8 Å². The van der Waals surface area contributed by atoms with Crippen LogP contribution in [0.1, 0.15) is 47.6 Å². The van der Waals surface area contributed by atoms with Gasteiger partial charge in [-0.3, -0.25) is 14.7 Å². The van der Waals surface area contributed by atoms with Gasteiger partial charge in [-0.15, -0.1) is 0 Å². The molecule has 2 aliphatic heterocycles. The number of fused-ring (bicyclic) bond motifs is 2. The van der Waals surface area contributed by atoms with Gasteiger partial charge < -0.3 is 14.4 Å². The minimum Gasteiger partial charge on any atom is -0.492 e. The van der Waals surface area contributed by atoms with E-state index in [1.54, 1.807) is 12.4 Å². The zero-order chi connectivity index (χ0) is 24.6. The molecule has 1 N–H and O–H groups in total. The second-order valence-electron chi connectivity index (χ2n) is 9.66. The fourth-order valence-corrected chi connectivity index (χ4v) is 5.80. The van der Waals surface area contributed by atoms with Crippen molar-refractivity contribution in [2.45, 2.75) is 31.8 Å². The first kappa shape index (κ1) is 23.4. The Hall–Kier alpha value is -3.00. The highest BCUT2D eigenvalue weighted by molar-refractivity contribution is 9.10. The summed E-state index contributed by atoms with van der Waals surface area (Å²) in [4.78, 5) is 20.4. The Kier molecular flexibility index (Phi) is 6.37. The van der Waals surface area contributed by atoms with Crippen LogP contribution in [0.4, 0.5) is 0 Å². The maximum Gasteiger partial charge on any atom is 0.193 e. The molecule has 0 aliphatic carbocycles. The molecule has 4 heterocycles. The third-order valence-electron chi connectivity index (χ3n) is 7.26. The van der Waals surface area contributed by atoms with Gasteiger partial charge in [-0.2, -0.15) is 0 Å². The molecule has 0 saturated carbocycles. The number of rotatable bonds is 6. The molecule has 6 rings (SSSR count). The van der Waals surface area contributed by atoms with Crippen molar-refractivity contribution in [2.75, 3.05) is 26.2 Å². The molecule has 6 nitrogen and oxygen atoms in total. The third kappa shape index (κ3) is 4.36. The van der Waals surface area contributed by atoms with Crippen LogP contribution in [-0.2, 0) is 6.42 Å². The van der Waals surface area contributed by atoms with E-state index in [2.05, 4.69) is 25.8 Å². The first-order valence-electron chi connectivity index (χ1n) is 12.5. The maximum absolute atomic E-state index is 13.7. The Balaban J connectivity index is 1.45. The van der Waals surface area contributed by atoms with E-state index in [1.807, 2.05) is 53.2 Å². The van der Waals surface area contributed by atoms with Crippen molar-refractivity contribution in [1.29, 1.82) is 0 Å². The maximum atomic E-state index is 13.7. The minimum absolute atomic E-state index is 0.0431. The lowest BCUT2D eigenvalue weighted by molar-refractivity contribution is 0.182. The first-order valence-corrected chi connectivity index (χ1v) is 13.3. The Morgan fingerprint density at radius 2 is 1.94 bits per heavy atom. The Morgan fingerprint density at radius 3 is 2.75 bits per heavy atom. The Bertz CT molecular complexity index is 1480. The number of halogens is 1. The van der Waals surface area contributed by atoms with Gasteiger partial charge in [0.2, 0.25) is 0 Å². The molecule has 184 valence electrons. The van der Waals surface area contributed by atoms with Gasteiger partial charge in [-0.05, 0) is 61.8 Å². The highest BCUT2D eigenvalue weighted by Crippen LogP contribution is 2.40. The topological polar surface area (TPSA) is 67.6 Å². The molecule has 0 amide bonds. The summed E-state index contributed by atoms with van der Waals surface area (Å²) in [6, 6.07) is 13.5. The summed E-state index contributed by atoms with van der Waals surface area (Å²) in [5.74, 6) is 0.622. The highest BCUT2D eigenvalue weighted by atomic mass is 79.9. The summed E-state index contributed by atoms with van der Waals surface area (Å²) in [5.41, 5.74) is 4.69. The molecule has 7 heteroatoms. The molecule has 36 heavy (non-hydrogen) atoms. The van der Waals surface area contributed by atoms with E-state index >= 15 is 0 Å². The first-order chi connectivity index (χ1) is 17.6. The number of piperidine rings is 1. The largest absolute Gasteiger partial charge is 0.492 e. The van der Waals surface area contributed by atoms with Crippen LogP contribution >= 0.6 is 15.9 Å². The number of pyridine rings is 2. The summed E-state index contributed by atoms with van der Waals surface area (Å²) in [6.45, 7) is 3.63. The Morgan fingerprint density at radius 1 is 1.08 bits per heavy atom. The predicted octanol–water partition coefficient (Wildman–Crippen LogP) is 5.00. The second-order valence-corrected chi connectivity index (χ2v) is 10.6. The molecule has 0 radical (unpaired) electrons. The standard InChI is InChI=1S/C29H28BrN3O3/c30-21-6-7-23-26(14-21)33-18-20(13-19-5-4-8-31-17-19)28(34)24-15-22(16-25(27(24)33)29(23)35)36-12-11-32-9-2-1-3-10-32/h4-8,14-18,29,35H,1-3,9-13H2. The van der Waals surface area contributed by atoms with Gasteiger partial charge in [-0.25, -0.2) is 0 Å². The second kappa shape index (κ2) is 9.81. The van der Waals surface area contributed by atoms with Gasteiger partial charge in [0.25, 0.3) is 0 Å². The average molecular weight is 546 g/mol. The quantitative estimate of drug-likeness (QED) is 0.369. The van der Waals surface area contributed by atoms with Crippen LogP contribution in [0.5, 0.6) is 5.75 Å². The van der Waals surface area contributed by atoms with E-state index in [0.29, 0.717) is 35.3 Å². The molecule has 1 unspecified atom stereocenters. The van der Waals surface area contributed by atoms with Gasteiger partial charge >= 0.3 is 0 Å². The molecule has 1 atom stereocenters. The fourth-order valence-electron chi connectivity index (χ4n) is 5.45. The lowest BCUT2D eigenvalue weighted by atomic mass is 9.92. The number of ether oxygens (including phenoxy) is 1. The molecule has 1 saturated heterocycles. The van der Waals surface area contributed by atoms with Crippen LogP contribution < -0.4 is 10.2 Å². The van der Waals surface area contributed by atoms with Gasteiger partial charge in [0, 0.05) is 52.7 Å². The molecule has 2 aliphatic rings. The van der Waals surface area contributed by atoms with Crippen LogP contribution in [0, 0.1) is 0 Å². The van der Waals surface area contributed by atoms with E-state index in [1.165, 1.54) is 19.3 Å². The van der Waals surface area contributed by atoms with Gasteiger partial charge in [0.1, 0.15) is 18.5 Å². The van der Waals surface area contributed by atoms with Crippen molar-refractivity contribution < 1.29 is 9.84 Å². The van der Waals surface area contributed by atoms with Crippen molar-refractivity contribution in [2.24, 2.45) is 0 Å². The van der Waals surface area contributed by atoms with Crippen molar-refractivity contribution in [3.63, 3.8) is 0 Å². The highest BCUT2D eigenvalue weighted by Gasteiger charge is 2.28. The number of likely N-dealkylation sites (tertiary alicyclic amines) is 1. The summed E-state index contributed by atoms with van der Waals surface area (Å²) >= 11 is 3.57. The number of benzene rings is 2.